The molecule has 0 aliphatic carbocycles. The molecule has 0 spiro atoms. The highest BCUT2D eigenvalue weighted by molar-refractivity contribution is 7.92. The normalized spacial score (nSPS) is 14.6. The van der Waals surface area contributed by atoms with Gasteiger partial charge in [-0.1, -0.05) is 6.07 Å². The number of nitrogens with zero attached hydrogens (tertiary/aromatic N) is 1. The molecule has 1 heterocycles. The van der Waals surface area contributed by atoms with Crippen LogP contribution in [0.25, 0.3) is 0 Å². The number of sulfonamides is 1. The molecule has 26 heavy (non-hydrogen) atoms. The molecular formula is C19H22N2O4S. The fourth-order valence-electron chi connectivity index (χ4n) is 3.13. The van der Waals surface area contributed by atoms with E-state index in [1.807, 2.05) is 13.8 Å². The summed E-state index contributed by atoms with van der Waals surface area (Å²) < 4.78 is 33.3. The van der Waals surface area contributed by atoms with Gasteiger partial charge in [0.1, 0.15) is 10.6 Å². The van der Waals surface area contributed by atoms with Gasteiger partial charge in [0.15, 0.2) is 0 Å². The minimum absolute atomic E-state index is 0.0939. The van der Waals surface area contributed by atoms with Crippen LogP contribution in [0.2, 0.25) is 0 Å². The summed E-state index contributed by atoms with van der Waals surface area (Å²) in [4.78, 5) is 13.8. The van der Waals surface area contributed by atoms with Crippen molar-refractivity contribution in [2.24, 2.45) is 0 Å². The maximum atomic E-state index is 12.8. The van der Waals surface area contributed by atoms with E-state index in [4.69, 9.17) is 4.74 Å². The Morgan fingerprint density at radius 2 is 1.88 bits per heavy atom. The van der Waals surface area contributed by atoms with E-state index in [-0.39, 0.29) is 10.8 Å². The molecule has 0 aromatic heterocycles. The van der Waals surface area contributed by atoms with Crippen LogP contribution in [0.5, 0.6) is 5.75 Å². The first-order chi connectivity index (χ1) is 12.3. The van der Waals surface area contributed by atoms with E-state index in [1.54, 1.807) is 41.3 Å². The maximum Gasteiger partial charge on any atom is 0.265 e. The largest absolute Gasteiger partial charge is 0.495 e. The SMILES string of the molecule is COc1ccc(C)cc1S(=O)(=O)Nc1ccc(N2CCCC2=O)c(C)c1. The van der Waals surface area contributed by atoms with E-state index >= 15 is 0 Å². The first-order valence-electron chi connectivity index (χ1n) is 8.40. The van der Waals surface area contributed by atoms with Crippen molar-refractivity contribution in [2.75, 3.05) is 23.3 Å². The van der Waals surface area contributed by atoms with Crippen LogP contribution < -0.4 is 14.4 Å². The van der Waals surface area contributed by atoms with Crippen molar-refractivity contribution < 1.29 is 17.9 Å². The zero-order chi connectivity index (χ0) is 18.9. The van der Waals surface area contributed by atoms with Crippen molar-refractivity contribution in [3.05, 3.63) is 47.5 Å². The van der Waals surface area contributed by atoms with Gasteiger partial charge in [0.2, 0.25) is 5.91 Å². The Balaban J connectivity index is 1.90. The summed E-state index contributed by atoms with van der Waals surface area (Å²) >= 11 is 0. The Bertz CT molecular complexity index is 954. The number of amides is 1. The second-order valence-corrected chi connectivity index (χ2v) is 8.06. The fraction of sp³-hybridized carbons (Fsp3) is 0.316. The molecule has 1 aliphatic heterocycles. The molecule has 2 aromatic rings. The summed E-state index contributed by atoms with van der Waals surface area (Å²) in [5.41, 5.74) is 2.94. The summed E-state index contributed by atoms with van der Waals surface area (Å²) in [6, 6.07) is 10.2. The monoisotopic (exact) mass is 374 g/mol. The van der Waals surface area contributed by atoms with Crippen molar-refractivity contribution in [1.82, 2.24) is 0 Å². The highest BCUT2D eigenvalue weighted by Crippen LogP contribution is 2.30. The first-order valence-corrected chi connectivity index (χ1v) is 9.88. The molecule has 1 N–H and O–H groups in total. The zero-order valence-electron chi connectivity index (χ0n) is 15.1. The number of methoxy groups -OCH3 is 1. The summed E-state index contributed by atoms with van der Waals surface area (Å²) in [6.07, 6.45) is 1.40. The second-order valence-electron chi connectivity index (χ2n) is 6.41. The fourth-order valence-corrected chi connectivity index (χ4v) is 4.43. The molecular weight excluding hydrogens is 352 g/mol. The Morgan fingerprint density at radius 3 is 2.50 bits per heavy atom. The predicted molar refractivity (Wildman–Crippen MR) is 101 cm³/mol. The van der Waals surface area contributed by atoms with Crippen LogP contribution in [0.1, 0.15) is 24.0 Å². The number of nitrogens with one attached hydrogen (secondary N) is 1. The van der Waals surface area contributed by atoms with E-state index in [2.05, 4.69) is 4.72 Å². The van der Waals surface area contributed by atoms with Crippen LogP contribution in [0, 0.1) is 13.8 Å². The van der Waals surface area contributed by atoms with Gasteiger partial charge in [-0.25, -0.2) is 8.42 Å². The van der Waals surface area contributed by atoms with E-state index < -0.39 is 10.0 Å². The van der Waals surface area contributed by atoms with Crippen LogP contribution >= 0.6 is 0 Å². The maximum absolute atomic E-state index is 12.8. The summed E-state index contributed by atoms with van der Waals surface area (Å²) in [7, 11) is -2.35. The van der Waals surface area contributed by atoms with Crippen molar-refractivity contribution in [3.8, 4) is 5.75 Å². The lowest BCUT2D eigenvalue weighted by Crippen LogP contribution is -2.24. The number of carbonyl (C=O) groups is 1. The standard InChI is InChI=1S/C19H22N2O4S/c1-13-6-9-17(25-3)18(11-13)26(23,24)20-15-7-8-16(14(2)12-15)21-10-4-5-19(21)22/h6-9,11-12,20H,4-5,10H2,1-3H3. The predicted octanol–water partition coefficient (Wildman–Crippen LogP) is 3.24. The Hall–Kier alpha value is -2.54. The first kappa shape index (κ1) is 18.3. The molecule has 7 heteroatoms. The lowest BCUT2D eigenvalue weighted by molar-refractivity contribution is -0.117. The second kappa shape index (κ2) is 6.99. The molecule has 2 aromatic carbocycles. The number of carbonyl (C=O) groups excluding carboxylic acids is 1. The van der Waals surface area contributed by atoms with Crippen molar-refractivity contribution in [1.29, 1.82) is 0 Å². The molecule has 3 rings (SSSR count). The number of ether oxygens (including phenoxy) is 1. The summed E-state index contributed by atoms with van der Waals surface area (Å²) in [5.74, 6) is 0.394. The van der Waals surface area contributed by atoms with E-state index in [0.29, 0.717) is 24.4 Å². The van der Waals surface area contributed by atoms with E-state index in [0.717, 1.165) is 23.2 Å². The smallest absolute Gasteiger partial charge is 0.265 e. The molecule has 1 aliphatic rings. The minimum Gasteiger partial charge on any atom is -0.495 e. The Kier molecular flexibility index (Phi) is 4.91. The van der Waals surface area contributed by atoms with Crippen LogP contribution in [-0.4, -0.2) is 28.0 Å². The highest BCUT2D eigenvalue weighted by Gasteiger charge is 2.24. The van der Waals surface area contributed by atoms with Gasteiger partial charge in [-0.15, -0.1) is 0 Å². The molecule has 0 bridgehead atoms. The van der Waals surface area contributed by atoms with Gasteiger partial charge in [-0.2, -0.15) is 0 Å². The molecule has 1 fully saturated rings. The Labute approximate surface area is 153 Å². The molecule has 6 nitrogen and oxygen atoms in total. The number of hydrogen-bond acceptors (Lipinski definition) is 4. The van der Waals surface area contributed by atoms with Crippen LogP contribution in [0.3, 0.4) is 0 Å². The lowest BCUT2D eigenvalue weighted by Gasteiger charge is -2.19. The molecule has 138 valence electrons. The van der Waals surface area contributed by atoms with Gasteiger partial charge < -0.3 is 9.64 Å². The minimum atomic E-state index is -3.79. The molecule has 1 saturated heterocycles. The number of rotatable bonds is 5. The molecule has 0 unspecified atom stereocenters. The lowest BCUT2D eigenvalue weighted by atomic mass is 10.1. The van der Waals surface area contributed by atoms with Gasteiger partial charge in [0.05, 0.1) is 7.11 Å². The van der Waals surface area contributed by atoms with Gasteiger partial charge >= 0.3 is 0 Å². The van der Waals surface area contributed by atoms with Gasteiger partial charge in [-0.3, -0.25) is 9.52 Å². The number of aryl methyl sites for hydroxylation is 2. The van der Waals surface area contributed by atoms with Crippen molar-refractivity contribution in [3.63, 3.8) is 0 Å². The average Bonchev–Trinajstić information content (AvgIpc) is 3.00. The van der Waals surface area contributed by atoms with Crippen LogP contribution in [0.15, 0.2) is 41.3 Å². The number of benzene rings is 2. The van der Waals surface area contributed by atoms with Gasteiger partial charge in [0.25, 0.3) is 10.0 Å². The quantitative estimate of drug-likeness (QED) is 0.872. The highest BCUT2D eigenvalue weighted by atomic mass is 32.2. The molecule has 0 atom stereocenters. The van der Waals surface area contributed by atoms with Crippen LogP contribution in [-0.2, 0) is 14.8 Å². The summed E-state index contributed by atoms with van der Waals surface area (Å²) in [5, 5.41) is 0. The van der Waals surface area contributed by atoms with E-state index in [1.165, 1.54) is 7.11 Å². The van der Waals surface area contributed by atoms with Crippen molar-refractivity contribution in [2.45, 2.75) is 31.6 Å². The van der Waals surface area contributed by atoms with Gasteiger partial charge in [0, 0.05) is 24.3 Å². The number of hydrogen-bond donors (Lipinski definition) is 1. The summed E-state index contributed by atoms with van der Waals surface area (Å²) in [6.45, 7) is 4.39. The third kappa shape index (κ3) is 3.53. The van der Waals surface area contributed by atoms with Crippen LogP contribution in [0.4, 0.5) is 11.4 Å². The average molecular weight is 374 g/mol. The van der Waals surface area contributed by atoms with Gasteiger partial charge in [-0.05, 0) is 61.7 Å². The third-order valence-corrected chi connectivity index (χ3v) is 5.82. The zero-order valence-corrected chi connectivity index (χ0v) is 15.9. The number of anilines is 2. The van der Waals surface area contributed by atoms with E-state index in [9.17, 15) is 13.2 Å². The molecule has 1 amide bonds. The Morgan fingerprint density at radius 1 is 1.12 bits per heavy atom. The molecule has 0 radical (unpaired) electrons. The molecule has 0 saturated carbocycles. The van der Waals surface area contributed by atoms with Crippen molar-refractivity contribution >= 4 is 27.3 Å². The third-order valence-electron chi connectivity index (χ3n) is 4.42. The topological polar surface area (TPSA) is 75.7 Å².